The Morgan fingerprint density at radius 1 is 1.57 bits per heavy atom. The molecule has 4 heteroatoms. The van der Waals surface area contributed by atoms with Crippen molar-refractivity contribution in [2.45, 2.75) is 20.8 Å². The van der Waals surface area contributed by atoms with Gasteiger partial charge in [-0.2, -0.15) is 0 Å². The van der Waals surface area contributed by atoms with Crippen molar-refractivity contribution in [3.05, 3.63) is 28.0 Å². The maximum Gasteiger partial charge on any atom is 0.341 e. The van der Waals surface area contributed by atoms with E-state index in [1.54, 1.807) is 13.0 Å². The molecule has 0 saturated carbocycles. The Labute approximate surface area is 88.1 Å². The first-order valence-corrected chi connectivity index (χ1v) is 4.75. The average Bonchev–Trinajstić information content (AvgIpc) is 2.01. The molecule has 0 bridgehead atoms. The number of ether oxygens (including phenoxy) is 1. The monoisotopic (exact) mass is 213 g/mol. The SMILES string of the molecule is CCOC(=O)c1c(C)cc(C)nc1Cl. The van der Waals surface area contributed by atoms with Gasteiger partial charge in [0.1, 0.15) is 5.15 Å². The molecule has 0 amide bonds. The van der Waals surface area contributed by atoms with Crippen LogP contribution in [-0.2, 0) is 4.74 Å². The van der Waals surface area contributed by atoms with Crippen LogP contribution in [0.1, 0.15) is 28.5 Å². The second kappa shape index (κ2) is 4.42. The van der Waals surface area contributed by atoms with Crippen molar-refractivity contribution in [2.75, 3.05) is 6.61 Å². The van der Waals surface area contributed by atoms with Crippen LogP contribution in [0.3, 0.4) is 0 Å². The highest BCUT2D eigenvalue weighted by atomic mass is 35.5. The molecule has 3 nitrogen and oxygen atoms in total. The summed E-state index contributed by atoms with van der Waals surface area (Å²) in [6.07, 6.45) is 0. The fourth-order valence-corrected chi connectivity index (χ4v) is 1.60. The molecule has 0 saturated heterocycles. The van der Waals surface area contributed by atoms with E-state index in [0.29, 0.717) is 12.2 Å². The van der Waals surface area contributed by atoms with Crippen LogP contribution in [0, 0.1) is 13.8 Å². The van der Waals surface area contributed by atoms with Gasteiger partial charge < -0.3 is 4.74 Å². The Bertz CT molecular complexity index is 340. The van der Waals surface area contributed by atoms with E-state index in [-0.39, 0.29) is 5.15 Å². The largest absolute Gasteiger partial charge is 0.462 e. The Morgan fingerprint density at radius 3 is 2.71 bits per heavy atom. The summed E-state index contributed by atoms with van der Waals surface area (Å²) in [5, 5.41) is 0.209. The number of aromatic nitrogens is 1. The quantitative estimate of drug-likeness (QED) is 0.560. The number of carbonyl (C=O) groups is 1. The molecule has 14 heavy (non-hydrogen) atoms. The molecule has 0 fully saturated rings. The van der Waals surface area contributed by atoms with Crippen LogP contribution in [0.15, 0.2) is 6.07 Å². The Morgan fingerprint density at radius 2 is 2.21 bits per heavy atom. The molecule has 1 rings (SSSR count). The van der Waals surface area contributed by atoms with Crippen LogP contribution in [-0.4, -0.2) is 17.6 Å². The summed E-state index contributed by atoms with van der Waals surface area (Å²) in [6.45, 7) is 5.73. The molecule has 0 aromatic carbocycles. The third-order valence-electron chi connectivity index (χ3n) is 1.78. The Kier molecular flexibility index (Phi) is 3.47. The van der Waals surface area contributed by atoms with Gasteiger partial charge in [-0.25, -0.2) is 9.78 Å². The van der Waals surface area contributed by atoms with Gasteiger partial charge in [-0.15, -0.1) is 0 Å². The highest BCUT2D eigenvalue weighted by Gasteiger charge is 2.15. The zero-order valence-corrected chi connectivity index (χ0v) is 9.18. The Hall–Kier alpha value is -1.09. The van der Waals surface area contributed by atoms with Crippen LogP contribution in [0.4, 0.5) is 0 Å². The second-order valence-electron chi connectivity index (χ2n) is 2.97. The minimum Gasteiger partial charge on any atom is -0.462 e. The number of hydrogen-bond acceptors (Lipinski definition) is 3. The maximum atomic E-state index is 11.5. The molecular weight excluding hydrogens is 202 g/mol. The van der Waals surface area contributed by atoms with Crippen molar-refractivity contribution in [3.8, 4) is 0 Å². The highest BCUT2D eigenvalue weighted by molar-refractivity contribution is 6.32. The van der Waals surface area contributed by atoms with Gasteiger partial charge in [-0.1, -0.05) is 11.6 Å². The first kappa shape index (κ1) is 11.0. The minimum atomic E-state index is -0.414. The predicted molar refractivity (Wildman–Crippen MR) is 54.7 cm³/mol. The first-order chi connectivity index (χ1) is 6.56. The third-order valence-corrected chi connectivity index (χ3v) is 2.05. The molecule has 1 aromatic heterocycles. The normalized spacial score (nSPS) is 10.0. The maximum absolute atomic E-state index is 11.5. The number of carbonyl (C=O) groups excluding carboxylic acids is 1. The molecule has 0 aliphatic carbocycles. The molecule has 0 N–H and O–H groups in total. The third kappa shape index (κ3) is 2.23. The van der Waals surface area contributed by atoms with E-state index in [4.69, 9.17) is 16.3 Å². The fraction of sp³-hybridized carbons (Fsp3) is 0.400. The summed E-state index contributed by atoms with van der Waals surface area (Å²) in [5.74, 6) is -0.414. The van der Waals surface area contributed by atoms with Crippen LogP contribution in [0.25, 0.3) is 0 Å². The fourth-order valence-electron chi connectivity index (χ4n) is 1.24. The van der Waals surface area contributed by atoms with Gasteiger partial charge in [-0.05, 0) is 32.4 Å². The lowest BCUT2D eigenvalue weighted by molar-refractivity contribution is 0.0525. The van der Waals surface area contributed by atoms with Crippen LogP contribution < -0.4 is 0 Å². The van der Waals surface area contributed by atoms with E-state index in [2.05, 4.69) is 4.98 Å². The Balaban J connectivity index is 3.14. The molecule has 0 aliphatic rings. The zero-order chi connectivity index (χ0) is 10.7. The summed E-state index contributed by atoms with van der Waals surface area (Å²) < 4.78 is 4.87. The molecule has 0 radical (unpaired) electrons. The molecule has 76 valence electrons. The first-order valence-electron chi connectivity index (χ1n) is 4.37. The van der Waals surface area contributed by atoms with Crippen LogP contribution >= 0.6 is 11.6 Å². The summed E-state index contributed by atoms with van der Waals surface area (Å²) in [6, 6.07) is 1.80. The number of aryl methyl sites for hydroxylation is 2. The summed E-state index contributed by atoms with van der Waals surface area (Å²) in [4.78, 5) is 15.5. The van der Waals surface area contributed by atoms with Crippen molar-refractivity contribution in [2.24, 2.45) is 0 Å². The smallest absolute Gasteiger partial charge is 0.341 e. The lowest BCUT2D eigenvalue weighted by Crippen LogP contribution is -2.09. The van der Waals surface area contributed by atoms with Gasteiger partial charge in [-0.3, -0.25) is 0 Å². The molecule has 1 heterocycles. The standard InChI is InChI=1S/C10H12ClNO2/c1-4-14-10(13)8-6(2)5-7(3)12-9(8)11/h5H,4H2,1-3H3. The summed E-state index contributed by atoms with van der Waals surface area (Å²) in [5.41, 5.74) is 1.95. The average molecular weight is 214 g/mol. The zero-order valence-electron chi connectivity index (χ0n) is 8.43. The topological polar surface area (TPSA) is 39.2 Å². The van der Waals surface area contributed by atoms with Gasteiger partial charge >= 0.3 is 5.97 Å². The van der Waals surface area contributed by atoms with Gasteiger partial charge in [0.15, 0.2) is 0 Å². The number of pyridine rings is 1. The summed E-state index contributed by atoms with van der Waals surface area (Å²) in [7, 11) is 0. The van der Waals surface area contributed by atoms with Gasteiger partial charge in [0.2, 0.25) is 0 Å². The van der Waals surface area contributed by atoms with Crippen molar-refractivity contribution >= 4 is 17.6 Å². The number of hydrogen-bond donors (Lipinski definition) is 0. The van der Waals surface area contributed by atoms with Crippen LogP contribution in [0.2, 0.25) is 5.15 Å². The van der Waals surface area contributed by atoms with E-state index in [0.717, 1.165) is 11.3 Å². The lowest BCUT2D eigenvalue weighted by atomic mass is 10.1. The lowest BCUT2D eigenvalue weighted by Gasteiger charge is -2.07. The van der Waals surface area contributed by atoms with E-state index < -0.39 is 5.97 Å². The number of esters is 1. The number of nitrogens with zero attached hydrogens (tertiary/aromatic N) is 1. The molecular formula is C10H12ClNO2. The highest BCUT2D eigenvalue weighted by Crippen LogP contribution is 2.19. The summed E-state index contributed by atoms with van der Waals surface area (Å²) >= 11 is 5.85. The molecule has 0 atom stereocenters. The molecule has 1 aromatic rings. The minimum absolute atomic E-state index is 0.209. The van der Waals surface area contributed by atoms with Crippen molar-refractivity contribution in [3.63, 3.8) is 0 Å². The number of rotatable bonds is 2. The molecule has 0 aliphatic heterocycles. The number of halogens is 1. The van der Waals surface area contributed by atoms with Gasteiger partial charge in [0, 0.05) is 5.69 Å². The van der Waals surface area contributed by atoms with Crippen molar-refractivity contribution in [1.29, 1.82) is 0 Å². The van der Waals surface area contributed by atoms with Crippen molar-refractivity contribution in [1.82, 2.24) is 4.98 Å². The second-order valence-corrected chi connectivity index (χ2v) is 3.32. The van der Waals surface area contributed by atoms with Crippen LogP contribution in [0.5, 0.6) is 0 Å². The molecule has 0 unspecified atom stereocenters. The van der Waals surface area contributed by atoms with E-state index in [1.165, 1.54) is 0 Å². The van der Waals surface area contributed by atoms with E-state index in [1.807, 2.05) is 13.8 Å². The van der Waals surface area contributed by atoms with Crippen molar-refractivity contribution < 1.29 is 9.53 Å². The molecule has 0 spiro atoms. The van der Waals surface area contributed by atoms with E-state index in [9.17, 15) is 4.79 Å². The van der Waals surface area contributed by atoms with E-state index >= 15 is 0 Å². The predicted octanol–water partition coefficient (Wildman–Crippen LogP) is 2.53. The van der Waals surface area contributed by atoms with Gasteiger partial charge in [0.05, 0.1) is 12.2 Å². The van der Waals surface area contributed by atoms with Gasteiger partial charge in [0.25, 0.3) is 0 Å².